The van der Waals surface area contributed by atoms with E-state index in [-0.39, 0.29) is 5.91 Å². The zero-order valence-electron chi connectivity index (χ0n) is 11.3. The molecule has 0 unspecified atom stereocenters. The normalized spacial score (nSPS) is 10.1. The Balaban J connectivity index is 1.90. The van der Waals surface area contributed by atoms with E-state index in [9.17, 15) is 4.79 Å². The van der Waals surface area contributed by atoms with Crippen LogP contribution in [0.25, 0.3) is 0 Å². The van der Waals surface area contributed by atoms with E-state index < -0.39 is 0 Å². The summed E-state index contributed by atoms with van der Waals surface area (Å²) < 4.78 is 0. The fourth-order valence-corrected chi connectivity index (χ4v) is 1.56. The molecule has 0 fully saturated rings. The third-order valence-electron chi connectivity index (χ3n) is 2.62. The smallest absolute Gasteiger partial charge is 0.271 e. The highest BCUT2D eigenvalue weighted by Crippen LogP contribution is 2.04. The van der Waals surface area contributed by atoms with Crippen molar-refractivity contribution in [2.24, 2.45) is 0 Å². The predicted molar refractivity (Wildman–Crippen MR) is 76.2 cm³/mol. The largest absolute Gasteiger partial charge is 0.365 e. The fourth-order valence-electron chi connectivity index (χ4n) is 1.56. The van der Waals surface area contributed by atoms with Crippen molar-refractivity contribution < 1.29 is 4.79 Å². The molecule has 104 valence electrons. The van der Waals surface area contributed by atoms with Gasteiger partial charge in [0.05, 0.1) is 12.4 Å². The summed E-state index contributed by atoms with van der Waals surface area (Å²) in [6.07, 6.45) is 7.43. The summed E-state index contributed by atoms with van der Waals surface area (Å²) in [7, 11) is 0. The molecule has 0 spiro atoms. The molecule has 6 nitrogen and oxygen atoms in total. The van der Waals surface area contributed by atoms with Gasteiger partial charge in [0.15, 0.2) is 0 Å². The summed E-state index contributed by atoms with van der Waals surface area (Å²) in [5.41, 5.74) is 1.38. The molecular formula is C14H17N5O. The van der Waals surface area contributed by atoms with Gasteiger partial charge in [0.25, 0.3) is 5.91 Å². The molecule has 0 radical (unpaired) electrons. The molecule has 0 saturated carbocycles. The molecule has 2 aromatic rings. The fraction of sp³-hybridized carbons (Fsp3) is 0.286. The number of hydrogen-bond donors (Lipinski definition) is 2. The number of amides is 1. The van der Waals surface area contributed by atoms with Crippen molar-refractivity contribution in [1.29, 1.82) is 0 Å². The Morgan fingerprint density at radius 3 is 2.80 bits per heavy atom. The maximum Gasteiger partial charge on any atom is 0.271 e. The quantitative estimate of drug-likeness (QED) is 0.834. The number of nitrogens with one attached hydrogen (secondary N) is 2. The van der Waals surface area contributed by atoms with E-state index in [1.807, 2.05) is 19.1 Å². The Morgan fingerprint density at radius 1 is 1.25 bits per heavy atom. The molecule has 6 heteroatoms. The monoisotopic (exact) mass is 271 g/mol. The second-order valence-corrected chi connectivity index (χ2v) is 4.26. The molecule has 2 rings (SSSR count). The standard InChI is InChI=1S/C14H17N5O/c1-2-5-16-14(20)12-9-19-13(10-17-12)18-8-11-4-3-6-15-7-11/h3-4,6-7,9-10H,2,5,8H2,1H3,(H,16,20)(H,18,19). The van der Waals surface area contributed by atoms with Crippen LogP contribution >= 0.6 is 0 Å². The van der Waals surface area contributed by atoms with Crippen LogP contribution in [0.2, 0.25) is 0 Å². The topological polar surface area (TPSA) is 79.8 Å². The SMILES string of the molecule is CCCNC(=O)c1cnc(NCc2cccnc2)cn1. The van der Waals surface area contributed by atoms with Crippen LogP contribution in [0, 0.1) is 0 Å². The van der Waals surface area contributed by atoms with Crippen LogP contribution in [0.15, 0.2) is 36.9 Å². The molecule has 2 N–H and O–H groups in total. The predicted octanol–water partition coefficient (Wildman–Crippen LogP) is 1.62. The highest BCUT2D eigenvalue weighted by atomic mass is 16.1. The number of hydrogen-bond acceptors (Lipinski definition) is 5. The zero-order valence-corrected chi connectivity index (χ0v) is 11.3. The van der Waals surface area contributed by atoms with E-state index in [1.165, 1.54) is 6.20 Å². The number of pyridine rings is 1. The van der Waals surface area contributed by atoms with Crippen LogP contribution in [0.3, 0.4) is 0 Å². The molecular weight excluding hydrogens is 254 g/mol. The average Bonchev–Trinajstić information content (AvgIpc) is 2.52. The highest BCUT2D eigenvalue weighted by molar-refractivity contribution is 5.91. The Bertz CT molecular complexity index is 541. The second-order valence-electron chi connectivity index (χ2n) is 4.26. The van der Waals surface area contributed by atoms with E-state index in [2.05, 4.69) is 25.6 Å². The highest BCUT2D eigenvalue weighted by Gasteiger charge is 2.06. The zero-order chi connectivity index (χ0) is 14.2. The molecule has 20 heavy (non-hydrogen) atoms. The number of rotatable bonds is 6. The van der Waals surface area contributed by atoms with Gasteiger partial charge in [-0.25, -0.2) is 9.97 Å². The minimum absolute atomic E-state index is 0.196. The summed E-state index contributed by atoms with van der Waals surface area (Å²) in [6, 6.07) is 3.85. The Morgan fingerprint density at radius 2 is 2.15 bits per heavy atom. The minimum Gasteiger partial charge on any atom is -0.365 e. The molecule has 0 atom stereocenters. The van der Waals surface area contributed by atoms with Crippen molar-refractivity contribution in [3.63, 3.8) is 0 Å². The number of nitrogens with zero attached hydrogens (tertiary/aromatic N) is 3. The molecule has 0 saturated heterocycles. The van der Waals surface area contributed by atoms with Crippen LogP contribution in [0.1, 0.15) is 29.4 Å². The lowest BCUT2D eigenvalue weighted by molar-refractivity contribution is 0.0948. The van der Waals surface area contributed by atoms with Crippen LogP contribution in [-0.4, -0.2) is 27.4 Å². The third kappa shape index (κ3) is 4.01. The van der Waals surface area contributed by atoms with E-state index in [0.29, 0.717) is 24.6 Å². The molecule has 2 aromatic heterocycles. The first-order chi connectivity index (χ1) is 9.79. The van der Waals surface area contributed by atoms with E-state index >= 15 is 0 Å². The maximum absolute atomic E-state index is 11.7. The molecule has 1 amide bonds. The minimum atomic E-state index is -0.196. The lowest BCUT2D eigenvalue weighted by atomic mass is 10.3. The Labute approximate surface area is 117 Å². The first-order valence-corrected chi connectivity index (χ1v) is 6.52. The Hall–Kier alpha value is -2.50. The summed E-state index contributed by atoms with van der Waals surface area (Å²) in [4.78, 5) is 23.9. The van der Waals surface area contributed by atoms with Crippen molar-refractivity contribution in [1.82, 2.24) is 20.3 Å². The summed E-state index contributed by atoms with van der Waals surface area (Å²) in [6.45, 7) is 3.25. The molecule has 0 bridgehead atoms. The maximum atomic E-state index is 11.7. The molecule has 0 aliphatic heterocycles. The summed E-state index contributed by atoms with van der Waals surface area (Å²) in [5, 5.41) is 5.88. The number of carbonyl (C=O) groups excluding carboxylic acids is 1. The average molecular weight is 271 g/mol. The first kappa shape index (κ1) is 13.9. The van der Waals surface area contributed by atoms with E-state index in [1.54, 1.807) is 18.6 Å². The molecule has 0 aliphatic rings. The van der Waals surface area contributed by atoms with Crippen molar-refractivity contribution in [3.8, 4) is 0 Å². The van der Waals surface area contributed by atoms with E-state index in [0.717, 1.165) is 12.0 Å². The summed E-state index contributed by atoms with van der Waals surface area (Å²) in [5.74, 6) is 0.430. The first-order valence-electron chi connectivity index (χ1n) is 6.52. The Kier molecular flexibility index (Phi) is 5.00. The van der Waals surface area contributed by atoms with Crippen molar-refractivity contribution in [3.05, 3.63) is 48.2 Å². The summed E-state index contributed by atoms with van der Waals surface area (Å²) >= 11 is 0. The van der Waals surface area contributed by atoms with Gasteiger partial charge < -0.3 is 10.6 Å². The van der Waals surface area contributed by atoms with Crippen molar-refractivity contribution >= 4 is 11.7 Å². The van der Waals surface area contributed by atoms with Gasteiger partial charge in [0.2, 0.25) is 0 Å². The van der Waals surface area contributed by atoms with Crippen molar-refractivity contribution in [2.75, 3.05) is 11.9 Å². The lowest BCUT2D eigenvalue weighted by Crippen LogP contribution is -2.25. The lowest BCUT2D eigenvalue weighted by Gasteiger charge is -2.06. The molecule has 2 heterocycles. The van der Waals surface area contributed by atoms with Gasteiger partial charge in [0.1, 0.15) is 11.5 Å². The van der Waals surface area contributed by atoms with Gasteiger partial charge >= 0.3 is 0 Å². The van der Waals surface area contributed by atoms with Crippen LogP contribution in [-0.2, 0) is 6.54 Å². The molecule has 0 aliphatic carbocycles. The van der Waals surface area contributed by atoms with E-state index in [4.69, 9.17) is 0 Å². The number of anilines is 1. The van der Waals surface area contributed by atoms with Gasteiger partial charge in [-0.2, -0.15) is 0 Å². The van der Waals surface area contributed by atoms with Gasteiger partial charge in [-0.1, -0.05) is 13.0 Å². The van der Waals surface area contributed by atoms with Crippen LogP contribution in [0.5, 0.6) is 0 Å². The van der Waals surface area contributed by atoms with Gasteiger partial charge in [-0.05, 0) is 18.1 Å². The van der Waals surface area contributed by atoms with Crippen LogP contribution in [0.4, 0.5) is 5.82 Å². The number of aromatic nitrogens is 3. The van der Waals surface area contributed by atoms with Crippen LogP contribution < -0.4 is 10.6 Å². The van der Waals surface area contributed by atoms with Gasteiger partial charge in [-0.3, -0.25) is 9.78 Å². The third-order valence-corrected chi connectivity index (χ3v) is 2.62. The second kappa shape index (κ2) is 7.18. The van der Waals surface area contributed by atoms with Crippen molar-refractivity contribution in [2.45, 2.75) is 19.9 Å². The van der Waals surface area contributed by atoms with Gasteiger partial charge in [-0.15, -0.1) is 0 Å². The molecule has 0 aromatic carbocycles. The van der Waals surface area contributed by atoms with Gasteiger partial charge in [0, 0.05) is 25.5 Å². The number of carbonyl (C=O) groups is 1.